The molecule has 21 heavy (non-hydrogen) atoms. The van der Waals surface area contributed by atoms with Crippen molar-refractivity contribution in [2.45, 2.75) is 6.92 Å². The lowest BCUT2D eigenvalue weighted by atomic mass is 10.2. The molecule has 1 heterocycles. The first kappa shape index (κ1) is 15.4. The molecule has 0 radical (unpaired) electrons. The van der Waals surface area contributed by atoms with E-state index in [2.05, 4.69) is 25.9 Å². The Morgan fingerprint density at radius 1 is 0.905 bits per heavy atom. The SMILES string of the molecule is COc1cc(Oc2cc(Br)nc(C)n2)cc(OC)c1OC. The summed E-state index contributed by atoms with van der Waals surface area (Å²) < 4.78 is 22.2. The molecule has 0 atom stereocenters. The van der Waals surface area contributed by atoms with Gasteiger partial charge < -0.3 is 18.9 Å². The van der Waals surface area contributed by atoms with Crippen molar-refractivity contribution in [3.63, 3.8) is 0 Å². The Morgan fingerprint density at radius 3 is 2.00 bits per heavy atom. The fourth-order valence-corrected chi connectivity index (χ4v) is 2.25. The number of rotatable bonds is 5. The molecule has 112 valence electrons. The topological polar surface area (TPSA) is 62.7 Å². The molecular formula is C14H15BrN2O4. The fraction of sp³-hybridized carbons (Fsp3) is 0.286. The third kappa shape index (κ3) is 3.55. The Labute approximate surface area is 131 Å². The van der Waals surface area contributed by atoms with Crippen LogP contribution in [0.2, 0.25) is 0 Å². The van der Waals surface area contributed by atoms with Crippen LogP contribution >= 0.6 is 15.9 Å². The van der Waals surface area contributed by atoms with E-state index in [-0.39, 0.29) is 0 Å². The summed E-state index contributed by atoms with van der Waals surface area (Å²) in [5.41, 5.74) is 0. The summed E-state index contributed by atoms with van der Waals surface area (Å²) in [7, 11) is 4.64. The Hall–Kier alpha value is -2.02. The molecule has 0 fully saturated rings. The van der Waals surface area contributed by atoms with E-state index in [0.717, 1.165) is 0 Å². The van der Waals surface area contributed by atoms with Crippen LogP contribution in [0.15, 0.2) is 22.8 Å². The summed E-state index contributed by atoms with van der Waals surface area (Å²) in [5.74, 6) is 3.07. The zero-order chi connectivity index (χ0) is 15.4. The molecule has 0 aliphatic rings. The second-order valence-corrected chi connectivity index (χ2v) is 4.85. The third-order valence-electron chi connectivity index (χ3n) is 2.64. The van der Waals surface area contributed by atoms with Gasteiger partial charge >= 0.3 is 0 Å². The van der Waals surface area contributed by atoms with Crippen LogP contribution in [0.4, 0.5) is 0 Å². The molecule has 2 rings (SSSR count). The van der Waals surface area contributed by atoms with Crippen LogP contribution in [0.25, 0.3) is 0 Å². The molecule has 0 saturated carbocycles. The van der Waals surface area contributed by atoms with E-state index in [1.165, 1.54) is 0 Å². The zero-order valence-electron chi connectivity index (χ0n) is 12.1. The highest BCUT2D eigenvalue weighted by molar-refractivity contribution is 9.10. The minimum absolute atomic E-state index is 0.420. The molecule has 0 N–H and O–H groups in total. The highest BCUT2D eigenvalue weighted by Crippen LogP contribution is 2.41. The maximum atomic E-state index is 5.73. The lowest BCUT2D eigenvalue weighted by molar-refractivity contribution is 0.320. The maximum absolute atomic E-state index is 5.73. The van der Waals surface area contributed by atoms with E-state index in [9.17, 15) is 0 Å². The number of aryl methyl sites for hydroxylation is 1. The molecule has 0 bridgehead atoms. The summed E-state index contributed by atoms with van der Waals surface area (Å²) in [6, 6.07) is 5.08. The van der Waals surface area contributed by atoms with Crippen LogP contribution in [0.3, 0.4) is 0 Å². The van der Waals surface area contributed by atoms with Gasteiger partial charge in [-0.1, -0.05) is 0 Å². The van der Waals surface area contributed by atoms with Crippen molar-refractivity contribution in [2.24, 2.45) is 0 Å². The van der Waals surface area contributed by atoms with Crippen molar-refractivity contribution in [2.75, 3.05) is 21.3 Å². The van der Waals surface area contributed by atoms with Crippen molar-refractivity contribution in [3.05, 3.63) is 28.6 Å². The Balaban J connectivity index is 2.40. The molecule has 0 saturated heterocycles. The first-order valence-corrected chi connectivity index (χ1v) is 6.85. The van der Waals surface area contributed by atoms with E-state index in [0.29, 0.717) is 39.3 Å². The van der Waals surface area contributed by atoms with Gasteiger partial charge in [0.05, 0.1) is 21.3 Å². The first-order valence-electron chi connectivity index (χ1n) is 6.06. The smallest absolute Gasteiger partial charge is 0.223 e. The molecule has 0 aliphatic heterocycles. The molecule has 7 heteroatoms. The van der Waals surface area contributed by atoms with Crippen molar-refractivity contribution < 1.29 is 18.9 Å². The lowest BCUT2D eigenvalue weighted by Gasteiger charge is -2.14. The van der Waals surface area contributed by atoms with E-state index < -0.39 is 0 Å². The van der Waals surface area contributed by atoms with E-state index >= 15 is 0 Å². The molecule has 2 aromatic rings. The second kappa shape index (κ2) is 6.62. The van der Waals surface area contributed by atoms with Crippen LogP contribution < -0.4 is 18.9 Å². The third-order valence-corrected chi connectivity index (χ3v) is 3.05. The number of ether oxygens (including phenoxy) is 4. The van der Waals surface area contributed by atoms with Gasteiger partial charge in [-0.2, -0.15) is 4.98 Å². The molecular weight excluding hydrogens is 340 g/mol. The molecule has 0 spiro atoms. The minimum Gasteiger partial charge on any atom is -0.493 e. The van der Waals surface area contributed by atoms with Gasteiger partial charge in [-0.15, -0.1) is 0 Å². The standard InChI is InChI=1S/C14H15BrN2O4/c1-8-16-12(15)7-13(17-8)21-9-5-10(18-2)14(20-4)11(6-9)19-3/h5-7H,1-4H3. The summed E-state index contributed by atoms with van der Waals surface area (Å²) in [6.07, 6.45) is 0. The van der Waals surface area contributed by atoms with E-state index in [1.54, 1.807) is 46.5 Å². The van der Waals surface area contributed by atoms with Gasteiger partial charge in [-0.05, 0) is 22.9 Å². The van der Waals surface area contributed by atoms with Crippen LogP contribution in [-0.2, 0) is 0 Å². The molecule has 0 amide bonds. The average Bonchev–Trinajstić information content (AvgIpc) is 2.45. The first-order chi connectivity index (χ1) is 10.1. The van der Waals surface area contributed by atoms with Crippen LogP contribution in [0.1, 0.15) is 5.82 Å². The van der Waals surface area contributed by atoms with Crippen molar-refractivity contribution >= 4 is 15.9 Å². The number of halogens is 1. The monoisotopic (exact) mass is 354 g/mol. The Kier molecular flexibility index (Phi) is 4.85. The van der Waals surface area contributed by atoms with Crippen molar-refractivity contribution in [1.82, 2.24) is 9.97 Å². The van der Waals surface area contributed by atoms with Gasteiger partial charge in [0.1, 0.15) is 16.2 Å². The number of benzene rings is 1. The minimum atomic E-state index is 0.420. The largest absolute Gasteiger partial charge is 0.493 e. The summed E-state index contributed by atoms with van der Waals surface area (Å²) in [6.45, 7) is 1.78. The van der Waals surface area contributed by atoms with Crippen LogP contribution in [0, 0.1) is 6.92 Å². The van der Waals surface area contributed by atoms with Crippen LogP contribution in [0.5, 0.6) is 28.9 Å². The summed E-state index contributed by atoms with van der Waals surface area (Å²) in [4.78, 5) is 8.33. The predicted octanol–water partition coefficient (Wildman–Crippen LogP) is 3.37. The van der Waals surface area contributed by atoms with Gasteiger partial charge in [0.25, 0.3) is 0 Å². The normalized spacial score (nSPS) is 10.1. The van der Waals surface area contributed by atoms with Gasteiger partial charge in [-0.3, -0.25) is 0 Å². The molecule has 1 aromatic heterocycles. The number of methoxy groups -OCH3 is 3. The van der Waals surface area contributed by atoms with Crippen LogP contribution in [-0.4, -0.2) is 31.3 Å². The number of nitrogens with zero attached hydrogens (tertiary/aromatic N) is 2. The van der Waals surface area contributed by atoms with Gasteiger partial charge in [0.15, 0.2) is 11.5 Å². The van der Waals surface area contributed by atoms with Crippen molar-refractivity contribution in [3.8, 4) is 28.9 Å². The Bertz CT molecular complexity index is 604. The molecule has 1 aromatic carbocycles. The second-order valence-electron chi connectivity index (χ2n) is 4.04. The predicted molar refractivity (Wildman–Crippen MR) is 80.6 cm³/mol. The zero-order valence-corrected chi connectivity index (χ0v) is 13.7. The van der Waals surface area contributed by atoms with E-state index in [4.69, 9.17) is 18.9 Å². The van der Waals surface area contributed by atoms with Crippen molar-refractivity contribution in [1.29, 1.82) is 0 Å². The van der Waals surface area contributed by atoms with Gasteiger partial charge in [-0.25, -0.2) is 4.98 Å². The van der Waals surface area contributed by atoms with Gasteiger partial charge in [0.2, 0.25) is 11.6 Å². The Morgan fingerprint density at radius 2 is 1.52 bits per heavy atom. The van der Waals surface area contributed by atoms with E-state index in [1.807, 2.05) is 0 Å². The summed E-state index contributed by atoms with van der Waals surface area (Å²) in [5, 5.41) is 0. The fourth-order valence-electron chi connectivity index (χ4n) is 1.79. The maximum Gasteiger partial charge on any atom is 0.223 e. The number of hydrogen-bond acceptors (Lipinski definition) is 6. The number of aromatic nitrogens is 2. The average molecular weight is 355 g/mol. The lowest BCUT2D eigenvalue weighted by Crippen LogP contribution is -1.97. The molecule has 0 unspecified atom stereocenters. The highest BCUT2D eigenvalue weighted by Gasteiger charge is 2.15. The van der Waals surface area contributed by atoms with Gasteiger partial charge in [0, 0.05) is 18.2 Å². The molecule has 6 nitrogen and oxygen atoms in total. The molecule has 0 aliphatic carbocycles. The highest BCUT2D eigenvalue weighted by atomic mass is 79.9. The number of hydrogen-bond donors (Lipinski definition) is 0. The summed E-state index contributed by atoms with van der Waals surface area (Å²) >= 11 is 3.30. The quantitative estimate of drug-likeness (QED) is 0.767.